The van der Waals surface area contributed by atoms with Gasteiger partial charge < -0.3 is 4.90 Å². The molecule has 0 bridgehead atoms. The van der Waals surface area contributed by atoms with Crippen LogP contribution in [-0.2, 0) is 20.4 Å². The zero-order valence-electron chi connectivity index (χ0n) is 34.9. The summed E-state index contributed by atoms with van der Waals surface area (Å²) in [4.78, 5) is 39.4. The Kier molecular flexibility index (Phi) is 10.1. The number of para-hydroxylation sites is 5. The van der Waals surface area contributed by atoms with Crippen molar-refractivity contribution in [2.45, 2.75) is 58.1 Å². The van der Waals surface area contributed by atoms with E-state index in [-0.39, 0.29) is 35.7 Å². The highest BCUT2D eigenvalue weighted by molar-refractivity contribution is 8.00. The molecule has 4 heterocycles. The van der Waals surface area contributed by atoms with Crippen LogP contribution in [0.5, 0.6) is 0 Å². The minimum atomic E-state index is -0.368. The quantitative estimate of drug-likeness (QED) is 0.118. The fraction of sp³-hybridized carbons (Fsp3) is 0.151. The van der Waals surface area contributed by atoms with Gasteiger partial charge in [0.2, 0.25) is 12.2 Å². The van der Waals surface area contributed by atoms with Gasteiger partial charge in [0.15, 0.2) is 5.71 Å². The molecule has 6 nitrogen and oxygen atoms in total. The number of halogens is 1. The van der Waals surface area contributed by atoms with Crippen LogP contribution in [-0.4, -0.2) is 35.2 Å². The number of hydrogen-bond acceptors (Lipinski definition) is 5. The number of hydrogen-bond donors (Lipinski definition) is 0. The monoisotopic (exact) mass is 867 g/mol. The van der Waals surface area contributed by atoms with Crippen LogP contribution in [0.15, 0.2) is 195 Å². The highest BCUT2D eigenvalue weighted by atomic mass is 35.5. The molecule has 6 aromatic rings. The molecule has 4 aliphatic heterocycles. The highest BCUT2D eigenvalue weighted by Crippen LogP contribution is 2.52. The van der Waals surface area contributed by atoms with Gasteiger partial charge in [0.1, 0.15) is 6.54 Å². The van der Waals surface area contributed by atoms with Gasteiger partial charge in [-0.1, -0.05) is 140 Å². The van der Waals surface area contributed by atoms with Gasteiger partial charge in [-0.2, -0.15) is 4.58 Å². The van der Waals surface area contributed by atoms with Crippen LogP contribution in [0.3, 0.4) is 0 Å². The van der Waals surface area contributed by atoms with Gasteiger partial charge in [-0.15, -0.1) is 0 Å². The summed E-state index contributed by atoms with van der Waals surface area (Å²) in [5, 5.41) is 0.587. The second-order valence-corrected chi connectivity index (χ2v) is 19.4. The van der Waals surface area contributed by atoms with E-state index in [0.717, 1.165) is 65.1 Å². The van der Waals surface area contributed by atoms with Gasteiger partial charge in [-0.3, -0.25) is 19.4 Å². The van der Waals surface area contributed by atoms with Crippen LogP contribution >= 0.6 is 35.1 Å². The van der Waals surface area contributed by atoms with Crippen molar-refractivity contribution in [3.05, 3.63) is 192 Å². The van der Waals surface area contributed by atoms with E-state index < -0.39 is 0 Å². The molecule has 10 rings (SSSR count). The molecule has 2 amide bonds. The van der Waals surface area contributed by atoms with E-state index in [2.05, 4.69) is 116 Å². The van der Waals surface area contributed by atoms with Gasteiger partial charge in [0.05, 0.1) is 28.2 Å². The predicted molar refractivity (Wildman–Crippen MR) is 256 cm³/mol. The first kappa shape index (κ1) is 40.0. The lowest BCUT2D eigenvalue weighted by molar-refractivity contribution is -0.424. The van der Waals surface area contributed by atoms with E-state index in [1.54, 1.807) is 23.5 Å². The summed E-state index contributed by atoms with van der Waals surface area (Å²) in [6.45, 7) is 9.20. The third kappa shape index (κ3) is 6.72. The number of anilines is 5. The SMILES string of the molecule is CC1(C)C(/C=C/C=C/C=C2\N(CC(=O)N3c4ccccc4Sc4ccccc43)c3ccccc3C2(C)C)=[N+](CC(=O)N2c3ccccc3Sc3ccc(Cl)cc32)c2ccccc21. The summed E-state index contributed by atoms with van der Waals surface area (Å²) in [6.07, 6.45) is 10.4. The van der Waals surface area contributed by atoms with Gasteiger partial charge in [-0.25, -0.2) is 0 Å². The number of fused-ring (bicyclic) bond motifs is 6. The lowest BCUT2D eigenvalue weighted by Crippen LogP contribution is -2.39. The number of carbonyl (C=O) groups is 2. The number of carbonyl (C=O) groups excluding carboxylic acids is 2. The molecular weight excluding hydrogens is 824 g/mol. The van der Waals surface area contributed by atoms with E-state index in [9.17, 15) is 9.59 Å². The Labute approximate surface area is 376 Å². The molecule has 0 radical (unpaired) electrons. The van der Waals surface area contributed by atoms with Crippen LogP contribution in [0.4, 0.5) is 34.1 Å². The predicted octanol–water partition coefficient (Wildman–Crippen LogP) is 13.2. The minimum Gasteiger partial charge on any atom is -0.335 e. The fourth-order valence-electron chi connectivity index (χ4n) is 9.36. The molecule has 0 aliphatic carbocycles. The fourth-order valence-corrected chi connectivity index (χ4v) is 11.6. The average molecular weight is 869 g/mol. The molecule has 0 N–H and O–H groups in total. The van der Waals surface area contributed by atoms with Crippen molar-refractivity contribution < 1.29 is 14.2 Å². The first-order valence-electron chi connectivity index (χ1n) is 20.8. The summed E-state index contributed by atoms with van der Waals surface area (Å²) in [5.74, 6) is -0.0483. The summed E-state index contributed by atoms with van der Waals surface area (Å²) < 4.78 is 2.16. The normalized spacial score (nSPS) is 17.2. The topological polar surface area (TPSA) is 46.9 Å². The van der Waals surface area contributed by atoms with Crippen molar-refractivity contribution in [3.63, 3.8) is 0 Å². The maximum absolute atomic E-state index is 14.7. The average Bonchev–Trinajstić information content (AvgIpc) is 3.62. The molecule has 62 heavy (non-hydrogen) atoms. The standard InChI is InChI=1S/C53H44ClN4O2S2/c1-52(2)36-18-8-10-20-38(36)55(33-50(59)57-40-22-12-15-25-44(40)61-45-26-16-13-23-41(45)57)48(52)28-6-5-7-29-49-53(3,4)37-19-9-11-21-39(37)56(49)34-51(60)58-42-24-14-17-27-46(42)62-47-31-30-35(54)32-43(47)58/h5-32H,33-34H2,1-4H3/q+1. The zero-order chi connectivity index (χ0) is 42.8. The largest absolute Gasteiger partial charge is 0.335 e. The van der Waals surface area contributed by atoms with Crippen molar-refractivity contribution in [2.24, 2.45) is 0 Å². The maximum atomic E-state index is 14.7. The molecular formula is C53H44ClN4O2S2+. The van der Waals surface area contributed by atoms with Gasteiger partial charge in [-0.05, 0) is 86.2 Å². The molecule has 0 saturated heterocycles. The van der Waals surface area contributed by atoms with E-state index in [1.807, 2.05) is 101 Å². The number of rotatable bonds is 7. The maximum Gasteiger partial charge on any atom is 0.297 e. The van der Waals surface area contributed by atoms with Gasteiger partial charge in [0, 0.05) is 59.1 Å². The third-order valence-corrected chi connectivity index (χ3v) is 14.8. The summed E-state index contributed by atoms with van der Waals surface area (Å²) in [5.41, 5.74) is 9.21. The number of benzene rings is 6. The van der Waals surface area contributed by atoms with Crippen molar-refractivity contribution in [1.82, 2.24) is 0 Å². The summed E-state index contributed by atoms with van der Waals surface area (Å²) in [6, 6.07) is 46.8. The molecule has 0 unspecified atom stereocenters. The molecule has 0 saturated carbocycles. The first-order chi connectivity index (χ1) is 30.0. The minimum absolute atomic E-state index is 0.0000653. The lowest BCUT2D eigenvalue weighted by atomic mass is 9.81. The zero-order valence-corrected chi connectivity index (χ0v) is 37.3. The number of allylic oxidation sites excluding steroid dienone is 6. The first-order valence-corrected chi connectivity index (χ1v) is 22.8. The second-order valence-electron chi connectivity index (χ2n) is 16.8. The molecule has 0 aromatic heterocycles. The smallest absolute Gasteiger partial charge is 0.297 e. The van der Waals surface area contributed by atoms with E-state index in [4.69, 9.17) is 11.6 Å². The third-order valence-electron chi connectivity index (χ3n) is 12.3. The molecule has 9 heteroatoms. The summed E-state index contributed by atoms with van der Waals surface area (Å²) in [7, 11) is 0. The lowest BCUT2D eigenvalue weighted by Gasteiger charge is -2.33. The van der Waals surface area contributed by atoms with Crippen molar-refractivity contribution in [1.29, 1.82) is 0 Å². The number of nitrogens with zero attached hydrogens (tertiary/aromatic N) is 4. The molecule has 0 fully saturated rings. The summed E-state index contributed by atoms with van der Waals surface area (Å²) >= 11 is 9.88. The van der Waals surface area contributed by atoms with E-state index in [1.165, 1.54) is 11.1 Å². The van der Waals surface area contributed by atoms with Crippen molar-refractivity contribution in [3.8, 4) is 0 Å². The molecule has 306 valence electrons. The Bertz CT molecular complexity index is 2920. The molecule has 0 atom stereocenters. The van der Waals surface area contributed by atoms with Gasteiger partial charge in [0.25, 0.3) is 11.8 Å². The van der Waals surface area contributed by atoms with Crippen LogP contribution in [0.2, 0.25) is 5.02 Å². The number of amides is 2. The Balaban J connectivity index is 0.974. The van der Waals surface area contributed by atoms with E-state index in [0.29, 0.717) is 5.02 Å². The van der Waals surface area contributed by atoms with E-state index >= 15 is 0 Å². The molecule has 4 aliphatic rings. The Morgan fingerprint density at radius 2 is 1.11 bits per heavy atom. The second kappa shape index (κ2) is 15.7. The Morgan fingerprint density at radius 1 is 0.581 bits per heavy atom. The van der Waals surface area contributed by atoms with Crippen LogP contribution < -0.4 is 14.7 Å². The Morgan fingerprint density at radius 3 is 1.76 bits per heavy atom. The molecule has 6 aromatic carbocycles. The van der Waals surface area contributed by atoms with Crippen LogP contribution in [0.1, 0.15) is 38.8 Å². The van der Waals surface area contributed by atoms with Gasteiger partial charge >= 0.3 is 0 Å². The highest BCUT2D eigenvalue weighted by Gasteiger charge is 2.46. The van der Waals surface area contributed by atoms with Crippen LogP contribution in [0.25, 0.3) is 0 Å². The molecule has 0 spiro atoms. The van der Waals surface area contributed by atoms with Crippen molar-refractivity contribution >= 4 is 86.8 Å². The van der Waals surface area contributed by atoms with Crippen molar-refractivity contribution in [2.75, 3.05) is 27.8 Å². The van der Waals surface area contributed by atoms with Crippen LogP contribution in [0, 0.1) is 0 Å². The Hall–Kier alpha value is -6.06.